The highest BCUT2D eigenvalue weighted by Crippen LogP contribution is 2.37. The van der Waals surface area contributed by atoms with E-state index in [-0.39, 0.29) is 16.9 Å². The number of nitrogens with zero attached hydrogens (tertiary/aromatic N) is 5. The molecule has 1 aliphatic rings. The van der Waals surface area contributed by atoms with Gasteiger partial charge in [-0.2, -0.15) is 26.3 Å². The molecule has 210 valence electrons. The van der Waals surface area contributed by atoms with Gasteiger partial charge in [-0.25, -0.2) is 15.0 Å². The molecule has 40 heavy (non-hydrogen) atoms. The summed E-state index contributed by atoms with van der Waals surface area (Å²) < 4.78 is 80.0. The highest BCUT2D eigenvalue weighted by Gasteiger charge is 2.34. The molecule has 3 aromatic heterocycles. The van der Waals surface area contributed by atoms with E-state index >= 15 is 0 Å². The van der Waals surface area contributed by atoms with Crippen molar-refractivity contribution in [3.05, 3.63) is 71.9 Å². The highest BCUT2D eigenvalue weighted by atomic mass is 19.4. The van der Waals surface area contributed by atoms with Crippen LogP contribution in [0.5, 0.6) is 0 Å². The fraction of sp³-hybridized carbons (Fsp3) is 0.357. The maximum atomic E-state index is 13.7. The lowest BCUT2D eigenvalue weighted by atomic mass is 10.0. The maximum Gasteiger partial charge on any atom is 0.433 e. The molecule has 12 heteroatoms. The Balaban J connectivity index is 1.56. The summed E-state index contributed by atoms with van der Waals surface area (Å²) in [6.45, 7) is 2.17. The molecule has 5 rings (SSSR count). The highest BCUT2D eigenvalue weighted by molar-refractivity contribution is 5.93. The molecule has 0 bridgehead atoms. The van der Waals surface area contributed by atoms with Crippen LogP contribution in [0.1, 0.15) is 49.2 Å². The number of nitrogens with one attached hydrogen (secondary N) is 1. The van der Waals surface area contributed by atoms with Gasteiger partial charge in [0.1, 0.15) is 17.3 Å². The summed E-state index contributed by atoms with van der Waals surface area (Å²) in [4.78, 5) is 19.1. The number of halogens is 6. The molecule has 1 fully saturated rings. The Morgan fingerprint density at radius 3 is 2.23 bits per heavy atom. The lowest BCUT2D eigenvalue weighted by Gasteiger charge is -2.24. The van der Waals surface area contributed by atoms with Crippen molar-refractivity contribution in [1.29, 1.82) is 0 Å². The number of hydrogen-bond donors (Lipinski definition) is 1. The van der Waals surface area contributed by atoms with E-state index in [1.54, 1.807) is 6.07 Å². The van der Waals surface area contributed by atoms with E-state index in [0.29, 0.717) is 29.1 Å². The molecule has 0 aliphatic carbocycles. The summed E-state index contributed by atoms with van der Waals surface area (Å²) in [6, 6.07) is 8.93. The molecule has 1 saturated heterocycles. The van der Waals surface area contributed by atoms with E-state index in [0.717, 1.165) is 57.1 Å². The quantitative estimate of drug-likeness (QED) is 0.253. The van der Waals surface area contributed by atoms with E-state index in [9.17, 15) is 26.3 Å². The Morgan fingerprint density at radius 1 is 0.800 bits per heavy atom. The Morgan fingerprint density at radius 2 is 1.55 bits per heavy atom. The van der Waals surface area contributed by atoms with E-state index in [4.69, 9.17) is 0 Å². The number of aromatic nitrogens is 4. The van der Waals surface area contributed by atoms with E-state index in [1.807, 2.05) is 0 Å². The molecule has 1 aromatic carbocycles. The molecule has 4 heterocycles. The summed E-state index contributed by atoms with van der Waals surface area (Å²) in [5.74, 6) is 0.766. The van der Waals surface area contributed by atoms with Gasteiger partial charge in [0.25, 0.3) is 0 Å². The van der Waals surface area contributed by atoms with Crippen molar-refractivity contribution >= 4 is 22.4 Å². The summed E-state index contributed by atoms with van der Waals surface area (Å²) in [5.41, 5.74) is -1.21. The van der Waals surface area contributed by atoms with Crippen LogP contribution in [0.2, 0.25) is 0 Å². The molecule has 0 atom stereocenters. The number of rotatable bonds is 5. The number of pyridine rings is 2. The second kappa shape index (κ2) is 11.4. The van der Waals surface area contributed by atoms with Crippen molar-refractivity contribution in [3.63, 3.8) is 0 Å². The van der Waals surface area contributed by atoms with Crippen molar-refractivity contribution in [2.45, 2.75) is 51.0 Å². The fourth-order valence-corrected chi connectivity index (χ4v) is 4.80. The minimum Gasteiger partial charge on any atom is -0.338 e. The van der Waals surface area contributed by atoms with E-state index in [2.05, 4.69) is 30.2 Å². The van der Waals surface area contributed by atoms with Crippen LogP contribution in [0.3, 0.4) is 0 Å². The lowest BCUT2D eigenvalue weighted by Crippen LogP contribution is -2.28. The third-order valence-electron chi connectivity index (χ3n) is 6.76. The van der Waals surface area contributed by atoms with Crippen LogP contribution < -0.4 is 5.32 Å². The largest absolute Gasteiger partial charge is 0.433 e. The van der Waals surface area contributed by atoms with Gasteiger partial charge in [-0.1, -0.05) is 25.3 Å². The average Bonchev–Trinajstić information content (AvgIpc) is 2.89. The summed E-state index contributed by atoms with van der Waals surface area (Å²) in [7, 11) is 0. The first-order valence-corrected chi connectivity index (χ1v) is 12.9. The zero-order chi connectivity index (χ0) is 28.3. The first-order valence-electron chi connectivity index (χ1n) is 12.9. The Kier molecular flexibility index (Phi) is 7.88. The average molecular weight is 561 g/mol. The predicted molar refractivity (Wildman–Crippen MR) is 139 cm³/mol. The van der Waals surface area contributed by atoms with Crippen LogP contribution in [0.4, 0.5) is 37.8 Å². The van der Waals surface area contributed by atoms with Crippen molar-refractivity contribution in [1.82, 2.24) is 24.8 Å². The first kappa shape index (κ1) is 27.8. The first-order chi connectivity index (χ1) is 19.1. The molecule has 1 aliphatic heterocycles. The molecular weight excluding hydrogens is 534 g/mol. The predicted octanol–water partition coefficient (Wildman–Crippen LogP) is 7.63. The van der Waals surface area contributed by atoms with Crippen molar-refractivity contribution in [2.24, 2.45) is 0 Å². The topological polar surface area (TPSA) is 66.8 Å². The van der Waals surface area contributed by atoms with Gasteiger partial charge < -0.3 is 5.32 Å². The molecular formula is C28H26F6N6. The third-order valence-corrected chi connectivity index (χ3v) is 6.76. The molecule has 1 N–H and O–H groups in total. The maximum absolute atomic E-state index is 13.7. The lowest BCUT2D eigenvalue weighted by molar-refractivity contribution is -0.141. The van der Waals surface area contributed by atoms with Crippen LogP contribution in [-0.4, -0.2) is 37.9 Å². The minimum absolute atomic E-state index is 0.220. The van der Waals surface area contributed by atoms with Gasteiger partial charge in [0.05, 0.1) is 35.2 Å². The normalized spacial score (nSPS) is 15.6. The third kappa shape index (κ3) is 6.49. The van der Waals surface area contributed by atoms with Crippen LogP contribution in [0, 0.1) is 0 Å². The number of benzene rings is 1. The van der Waals surface area contributed by atoms with Gasteiger partial charge in [-0.3, -0.25) is 9.88 Å². The minimum atomic E-state index is -4.59. The van der Waals surface area contributed by atoms with Gasteiger partial charge >= 0.3 is 12.4 Å². The number of anilines is 2. The summed E-state index contributed by atoms with van der Waals surface area (Å²) in [5, 5.41) is 3.52. The van der Waals surface area contributed by atoms with Crippen molar-refractivity contribution in [3.8, 4) is 11.3 Å². The van der Waals surface area contributed by atoms with E-state index in [1.165, 1.54) is 36.9 Å². The molecule has 4 aromatic rings. The smallest absolute Gasteiger partial charge is 0.338 e. The zero-order valence-corrected chi connectivity index (χ0v) is 21.4. The fourth-order valence-electron chi connectivity index (χ4n) is 4.80. The molecule has 0 spiro atoms. The van der Waals surface area contributed by atoms with Crippen LogP contribution >= 0.6 is 0 Å². The summed E-state index contributed by atoms with van der Waals surface area (Å²) in [6.07, 6.45) is -1.25. The van der Waals surface area contributed by atoms with Gasteiger partial charge in [0.2, 0.25) is 0 Å². The van der Waals surface area contributed by atoms with Crippen LogP contribution in [0.15, 0.2) is 54.9 Å². The van der Waals surface area contributed by atoms with Crippen LogP contribution in [-0.2, 0) is 18.9 Å². The van der Waals surface area contributed by atoms with Gasteiger partial charge in [0, 0.05) is 17.1 Å². The molecule has 0 amide bonds. The molecule has 0 radical (unpaired) electrons. The zero-order valence-electron chi connectivity index (χ0n) is 21.4. The van der Waals surface area contributed by atoms with Gasteiger partial charge in [-0.05, 0) is 62.3 Å². The van der Waals surface area contributed by atoms with Gasteiger partial charge in [-0.15, -0.1) is 0 Å². The van der Waals surface area contributed by atoms with E-state index < -0.39 is 23.6 Å². The SMILES string of the molecule is FC(F)(F)c1ccc(Nc2nc(CN3CCCCCCC3)nc3cc(-c4ncccc4C(F)(F)F)ccc23)cn1. The molecule has 6 nitrogen and oxygen atoms in total. The van der Waals surface area contributed by atoms with Crippen molar-refractivity contribution < 1.29 is 26.3 Å². The van der Waals surface area contributed by atoms with Gasteiger partial charge in [0.15, 0.2) is 0 Å². The second-order valence-corrected chi connectivity index (χ2v) is 9.72. The molecule has 0 unspecified atom stereocenters. The van der Waals surface area contributed by atoms with Crippen LogP contribution in [0.25, 0.3) is 22.2 Å². The Labute approximate surface area is 226 Å². The number of likely N-dealkylation sites (tertiary alicyclic amines) is 1. The number of alkyl halides is 6. The molecule has 0 saturated carbocycles. The van der Waals surface area contributed by atoms with Crippen molar-refractivity contribution in [2.75, 3.05) is 18.4 Å². The number of fused-ring (bicyclic) bond motifs is 1. The standard InChI is InChI=1S/C28H26F6N6/c29-27(30,31)21-7-6-12-35-25(21)18-8-10-20-22(15-18)38-24(17-40-13-4-2-1-3-5-14-40)39-26(20)37-19-9-11-23(36-16-19)28(32,33)34/h6-12,15-16H,1-5,13-14,17H2,(H,37,38,39). The number of hydrogen-bond acceptors (Lipinski definition) is 6. The summed E-state index contributed by atoms with van der Waals surface area (Å²) >= 11 is 0. The monoisotopic (exact) mass is 560 g/mol. The Bertz CT molecular complexity index is 1460. The Hall–Kier alpha value is -3.80. The second-order valence-electron chi connectivity index (χ2n) is 9.72.